The number of carbonyl (C=O) groups excluding carboxylic acids is 1. The van der Waals surface area contributed by atoms with Crippen molar-refractivity contribution in [3.63, 3.8) is 0 Å². The standard InChI is InChI=1S/C20H21F3N4O2S/c1-19(2,3)14-11-16-25-15(20(21,22)23)12-17(27(16)26-14)30-10-9-29-18(28)24-13-7-5-4-6-8-13/h4-8,11-12H,9-10H2,1-3H3,(H,24,28). The number of anilines is 1. The summed E-state index contributed by atoms with van der Waals surface area (Å²) in [5.74, 6) is 0.253. The molecule has 1 N–H and O–H groups in total. The van der Waals surface area contributed by atoms with Gasteiger partial charge < -0.3 is 4.74 Å². The molecule has 0 spiro atoms. The van der Waals surface area contributed by atoms with Crippen LogP contribution < -0.4 is 5.32 Å². The van der Waals surface area contributed by atoms with Crippen LogP contribution in [0.3, 0.4) is 0 Å². The molecular formula is C20H21F3N4O2S. The third-order valence-corrected chi connectivity index (χ3v) is 5.00. The summed E-state index contributed by atoms with van der Waals surface area (Å²) in [6.07, 6.45) is -5.21. The Morgan fingerprint density at radius 2 is 1.83 bits per heavy atom. The van der Waals surface area contributed by atoms with Gasteiger partial charge in [-0.1, -0.05) is 39.0 Å². The Morgan fingerprint density at radius 3 is 2.47 bits per heavy atom. The van der Waals surface area contributed by atoms with Gasteiger partial charge in [0.05, 0.1) is 5.69 Å². The van der Waals surface area contributed by atoms with Gasteiger partial charge in [0.1, 0.15) is 17.3 Å². The largest absolute Gasteiger partial charge is 0.448 e. The number of nitrogens with one attached hydrogen (secondary N) is 1. The van der Waals surface area contributed by atoms with E-state index >= 15 is 0 Å². The van der Waals surface area contributed by atoms with Crippen molar-refractivity contribution in [1.29, 1.82) is 0 Å². The zero-order chi connectivity index (χ0) is 21.9. The van der Waals surface area contributed by atoms with E-state index in [0.29, 0.717) is 11.4 Å². The van der Waals surface area contributed by atoms with E-state index in [2.05, 4.69) is 15.4 Å². The van der Waals surface area contributed by atoms with Gasteiger partial charge in [0.25, 0.3) is 0 Å². The van der Waals surface area contributed by atoms with Crippen molar-refractivity contribution < 1.29 is 22.7 Å². The molecule has 1 amide bonds. The summed E-state index contributed by atoms with van der Waals surface area (Å²) in [5.41, 5.74) is 0.0227. The molecule has 160 valence electrons. The predicted molar refractivity (Wildman–Crippen MR) is 109 cm³/mol. The van der Waals surface area contributed by atoms with Crippen LogP contribution in [0.4, 0.5) is 23.7 Å². The van der Waals surface area contributed by atoms with Gasteiger partial charge in [-0.2, -0.15) is 18.3 Å². The zero-order valence-corrected chi connectivity index (χ0v) is 17.5. The molecule has 0 saturated heterocycles. The molecule has 3 rings (SSSR count). The number of nitrogens with zero attached hydrogens (tertiary/aromatic N) is 3. The first-order valence-corrected chi connectivity index (χ1v) is 10.1. The Labute approximate surface area is 175 Å². The molecule has 6 nitrogen and oxygen atoms in total. The number of amides is 1. The van der Waals surface area contributed by atoms with Crippen LogP contribution >= 0.6 is 11.8 Å². The second-order valence-corrected chi connectivity index (χ2v) is 8.62. The van der Waals surface area contributed by atoms with E-state index in [1.807, 2.05) is 26.8 Å². The number of carbonyl (C=O) groups is 1. The number of ether oxygens (including phenoxy) is 1. The van der Waals surface area contributed by atoms with Gasteiger partial charge in [-0.15, -0.1) is 11.8 Å². The number of hydrogen-bond acceptors (Lipinski definition) is 5. The van der Waals surface area contributed by atoms with E-state index in [-0.39, 0.29) is 28.4 Å². The molecule has 0 bridgehead atoms. The van der Waals surface area contributed by atoms with Crippen LogP contribution in [0, 0.1) is 0 Å². The highest BCUT2D eigenvalue weighted by Gasteiger charge is 2.34. The molecule has 3 aromatic rings. The Kier molecular flexibility index (Phi) is 6.25. The van der Waals surface area contributed by atoms with Crippen LogP contribution in [0.2, 0.25) is 0 Å². The molecule has 0 unspecified atom stereocenters. The minimum absolute atomic E-state index is 0.0158. The molecule has 10 heteroatoms. The van der Waals surface area contributed by atoms with Crippen LogP contribution in [-0.2, 0) is 16.3 Å². The van der Waals surface area contributed by atoms with Gasteiger partial charge >= 0.3 is 12.3 Å². The minimum Gasteiger partial charge on any atom is -0.448 e. The summed E-state index contributed by atoms with van der Waals surface area (Å²) < 4.78 is 46.3. The lowest BCUT2D eigenvalue weighted by molar-refractivity contribution is -0.141. The Bertz CT molecular complexity index is 1030. The maximum atomic E-state index is 13.3. The van der Waals surface area contributed by atoms with Crippen molar-refractivity contribution in [3.8, 4) is 0 Å². The van der Waals surface area contributed by atoms with Gasteiger partial charge in [-0.3, -0.25) is 5.32 Å². The van der Waals surface area contributed by atoms with Crippen molar-refractivity contribution in [2.45, 2.75) is 37.4 Å². The molecule has 0 aliphatic carbocycles. The van der Waals surface area contributed by atoms with E-state index in [4.69, 9.17) is 4.74 Å². The second kappa shape index (κ2) is 8.55. The molecule has 30 heavy (non-hydrogen) atoms. The highest BCUT2D eigenvalue weighted by atomic mass is 32.2. The van der Waals surface area contributed by atoms with Crippen molar-refractivity contribution in [3.05, 3.63) is 53.9 Å². The average Bonchev–Trinajstić information content (AvgIpc) is 3.10. The van der Waals surface area contributed by atoms with Crippen molar-refractivity contribution in [2.24, 2.45) is 0 Å². The number of alkyl halides is 3. The van der Waals surface area contributed by atoms with Crippen molar-refractivity contribution in [1.82, 2.24) is 14.6 Å². The van der Waals surface area contributed by atoms with Gasteiger partial charge in [-0.05, 0) is 12.1 Å². The molecular weight excluding hydrogens is 417 g/mol. The number of fused-ring (bicyclic) bond motifs is 1. The van der Waals surface area contributed by atoms with E-state index in [9.17, 15) is 18.0 Å². The van der Waals surface area contributed by atoms with Crippen molar-refractivity contribution in [2.75, 3.05) is 17.7 Å². The van der Waals surface area contributed by atoms with E-state index in [0.717, 1.165) is 17.8 Å². The molecule has 2 heterocycles. The van der Waals surface area contributed by atoms with E-state index in [1.54, 1.807) is 30.3 Å². The Balaban J connectivity index is 1.71. The number of hydrogen-bond donors (Lipinski definition) is 1. The lowest BCUT2D eigenvalue weighted by atomic mass is 9.93. The van der Waals surface area contributed by atoms with Crippen molar-refractivity contribution >= 4 is 29.2 Å². The maximum absolute atomic E-state index is 13.3. The molecule has 2 aromatic heterocycles. The number of thioether (sulfide) groups is 1. The second-order valence-electron chi connectivity index (χ2n) is 7.50. The van der Waals surface area contributed by atoms with E-state index < -0.39 is 18.0 Å². The third-order valence-electron chi connectivity index (χ3n) is 4.04. The molecule has 0 atom stereocenters. The summed E-state index contributed by atoms with van der Waals surface area (Å²) in [4.78, 5) is 15.5. The molecule has 0 aliphatic rings. The minimum atomic E-state index is -4.57. The Morgan fingerprint density at radius 1 is 1.13 bits per heavy atom. The third kappa shape index (κ3) is 5.44. The topological polar surface area (TPSA) is 68.5 Å². The van der Waals surface area contributed by atoms with Gasteiger partial charge in [0.2, 0.25) is 0 Å². The normalized spacial score (nSPS) is 12.2. The van der Waals surface area contributed by atoms with Gasteiger partial charge in [0.15, 0.2) is 5.65 Å². The monoisotopic (exact) mass is 438 g/mol. The average molecular weight is 438 g/mol. The van der Waals surface area contributed by atoms with Crippen LogP contribution in [0.5, 0.6) is 0 Å². The van der Waals surface area contributed by atoms with E-state index in [1.165, 1.54) is 4.52 Å². The lowest BCUT2D eigenvalue weighted by Gasteiger charge is -2.13. The smallest absolute Gasteiger partial charge is 0.433 e. The lowest BCUT2D eigenvalue weighted by Crippen LogP contribution is -2.15. The fourth-order valence-electron chi connectivity index (χ4n) is 2.52. The fourth-order valence-corrected chi connectivity index (χ4v) is 3.34. The number of benzene rings is 1. The van der Waals surface area contributed by atoms with Crippen LogP contribution in [-0.4, -0.2) is 33.1 Å². The summed E-state index contributed by atoms with van der Waals surface area (Å²) >= 11 is 1.11. The summed E-state index contributed by atoms with van der Waals surface area (Å²) in [5, 5.41) is 7.27. The molecule has 0 saturated carbocycles. The first-order valence-electron chi connectivity index (χ1n) is 9.14. The maximum Gasteiger partial charge on any atom is 0.433 e. The number of para-hydroxylation sites is 1. The number of halogens is 3. The van der Waals surface area contributed by atoms with Gasteiger partial charge in [-0.25, -0.2) is 14.3 Å². The summed E-state index contributed by atoms with van der Waals surface area (Å²) in [6, 6.07) is 11.3. The van der Waals surface area contributed by atoms with Crippen LogP contribution in [0.25, 0.3) is 5.65 Å². The fraction of sp³-hybridized carbons (Fsp3) is 0.350. The highest BCUT2D eigenvalue weighted by Crippen LogP contribution is 2.32. The SMILES string of the molecule is CC(C)(C)c1cc2nc(C(F)(F)F)cc(SCCOC(=O)Nc3ccccc3)n2n1. The van der Waals surface area contributed by atoms with Crippen LogP contribution in [0.1, 0.15) is 32.2 Å². The first-order chi connectivity index (χ1) is 14.0. The predicted octanol–water partition coefficient (Wildman–Crippen LogP) is 5.39. The molecule has 0 aliphatic heterocycles. The molecule has 0 fully saturated rings. The van der Waals surface area contributed by atoms with Gasteiger partial charge in [0, 0.05) is 29.0 Å². The molecule has 1 aromatic carbocycles. The number of aromatic nitrogens is 3. The summed E-state index contributed by atoms with van der Waals surface area (Å²) in [6.45, 7) is 5.78. The first kappa shape index (κ1) is 21.9. The molecule has 0 radical (unpaired) electrons. The number of rotatable bonds is 5. The quantitative estimate of drug-likeness (QED) is 0.329. The highest BCUT2D eigenvalue weighted by molar-refractivity contribution is 7.99. The summed E-state index contributed by atoms with van der Waals surface area (Å²) in [7, 11) is 0. The Hall–Kier alpha value is -2.75. The zero-order valence-electron chi connectivity index (χ0n) is 16.7. The van der Waals surface area contributed by atoms with Crippen LogP contribution in [0.15, 0.2) is 47.5 Å².